The molecule has 2 N–H and O–H groups in total. The van der Waals surface area contributed by atoms with Gasteiger partial charge in [-0.15, -0.1) is 0 Å². The molecule has 2 rings (SSSR count). The van der Waals surface area contributed by atoms with Gasteiger partial charge >= 0.3 is 6.03 Å². The minimum atomic E-state index is -0.169. The van der Waals surface area contributed by atoms with Crippen molar-refractivity contribution in [3.8, 4) is 5.75 Å². The van der Waals surface area contributed by atoms with Gasteiger partial charge in [0, 0.05) is 24.8 Å². The first-order chi connectivity index (χ1) is 11.0. The average molecular weight is 319 g/mol. The molecule has 1 fully saturated rings. The SMILES string of the molecule is COc1ccc(NC(=O)N2CCC[C@H](C(=O)NC(C)C)C2)cc1. The second-order valence-electron chi connectivity index (χ2n) is 6.11. The van der Waals surface area contributed by atoms with E-state index >= 15 is 0 Å². The lowest BCUT2D eigenvalue weighted by Crippen LogP contribution is -2.47. The van der Waals surface area contributed by atoms with Crippen molar-refractivity contribution in [1.82, 2.24) is 10.2 Å². The molecule has 126 valence electrons. The van der Waals surface area contributed by atoms with Crippen LogP contribution in [0.1, 0.15) is 26.7 Å². The fourth-order valence-electron chi connectivity index (χ4n) is 2.65. The monoisotopic (exact) mass is 319 g/mol. The number of urea groups is 1. The van der Waals surface area contributed by atoms with E-state index in [-0.39, 0.29) is 23.9 Å². The maximum absolute atomic E-state index is 12.4. The number of nitrogens with zero attached hydrogens (tertiary/aromatic N) is 1. The van der Waals surface area contributed by atoms with Crippen molar-refractivity contribution in [2.45, 2.75) is 32.7 Å². The largest absolute Gasteiger partial charge is 0.497 e. The summed E-state index contributed by atoms with van der Waals surface area (Å²) in [6.45, 7) is 5.01. The Balaban J connectivity index is 1.92. The smallest absolute Gasteiger partial charge is 0.321 e. The van der Waals surface area contributed by atoms with Crippen molar-refractivity contribution < 1.29 is 14.3 Å². The van der Waals surface area contributed by atoms with Gasteiger partial charge in [0.15, 0.2) is 0 Å². The molecule has 1 aromatic carbocycles. The number of carbonyl (C=O) groups is 2. The summed E-state index contributed by atoms with van der Waals surface area (Å²) in [6.07, 6.45) is 1.66. The van der Waals surface area contributed by atoms with Gasteiger partial charge in [-0.2, -0.15) is 0 Å². The summed E-state index contributed by atoms with van der Waals surface area (Å²) in [4.78, 5) is 26.2. The molecule has 1 aliphatic heterocycles. The number of ether oxygens (including phenoxy) is 1. The number of amides is 3. The molecule has 1 aliphatic rings. The lowest BCUT2D eigenvalue weighted by molar-refractivity contribution is -0.126. The third kappa shape index (κ3) is 4.87. The molecule has 0 saturated carbocycles. The fraction of sp³-hybridized carbons (Fsp3) is 0.529. The number of benzene rings is 1. The molecule has 0 aromatic heterocycles. The van der Waals surface area contributed by atoms with Crippen molar-refractivity contribution in [3.63, 3.8) is 0 Å². The summed E-state index contributed by atoms with van der Waals surface area (Å²) < 4.78 is 5.09. The molecule has 6 nitrogen and oxygen atoms in total. The lowest BCUT2D eigenvalue weighted by Gasteiger charge is -2.32. The summed E-state index contributed by atoms with van der Waals surface area (Å²) in [5.74, 6) is 0.640. The van der Waals surface area contributed by atoms with Gasteiger partial charge in [-0.3, -0.25) is 4.79 Å². The molecule has 0 unspecified atom stereocenters. The molecule has 1 saturated heterocycles. The summed E-state index contributed by atoms with van der Waals surface area (Å²) in [5.41, 5.74) is 0.713. The van der Waals surface area contributed by atoms with E-state index in [0.29, 0.717) is 18.8 Å². The highest BCUT2D eigenvalue weighted by Gasteiger charge is 2.28. The predicted octanol–water partition coefficient (Wildman–Crippen LogP) is 2.46. The molecular formula is C17H25N3O3. The highest BCUT2D eigenvalue weighted by atomic mass is 16.5. The van der Waals surface area contributed by atoms with E-state index in [0.717, 1.165) is 18.6 Å². The van der Waals surface area contributed by atoms with Crippen LogP contribution in [0.15, 0.2) is 24.3 Å². The first-order valence-corrected chi connectivity index (χ1v) is 8.00. The van der Waals surface area contributed by atoms with Gasteiger partial charge in [0.1, 0.15) is 5.75 Å². The van der Waals surface area contributed by atoms with E-state index in [2.05, 4.69) is 10.6 Å². The molecular weight excluding hydrogens is 294 g/mol. The number of rotatable bonds is 4. The second-order valence-corrected chi connectivity index (χ2v) is 6.11. The van der Waals surface area contributed by atoms with Crippen LogP contribution in [0.5, 0.6) is 5.75 Å². The summed E-state index contributed by atoms with van der Waals surface area (Å²) in [6, 6.07) is 7.13. The van der Waals surface area contributed by atoms with Gasteiger partial charge in [0.25, 0.3) is 0 Å². The third-order valence-electron chi connectivity index (χ3n) is 3.85. The summed E-state index contributed by atoms with van der Waals surface area (Å²) in [7, 11) is 1.60. The number of carbonyl (C=O) groups excluding carboxylic acids is 2. The molecule has 1 heterocycles. The van der Waals surface area contributed by atoms with Crippen LogP contribution in [0.4, 0.5) is 10.5 Å². The van der Waals surface area contributed by atoms with Gasteiger partial charge in [-0.25, -0.2) is 4.79 Å². The van der Waals surface area contributed by atoms with Gasteiger partial charge in [0.2, 0.25) is 5.91 Å². The van der Waals surface area contributed by atoms with E-state index in [4.69, 9.17) is 4.74 Å². The molecule has 0 radical (unpaired) electrons. The number of nitrogens with one attached hydrogen (secondary N) is 2. The van der Waals surface area contributed by atoms with Crippen LogP contribution in [0.3, 0.4) is 0 Å². The standard InChI is InChI=1S/C17H25N3O3/c1-12(2)18-16(21)13-5-4-10-20(11-13)17(22)19-14-6-8-15(23-3)9-7-14/h6-9,12-13H,4-5,10-11H2,1-3H3,(H,18,21)(H,19,22)/t13-/m0/s1. The van der Waals surface area contributed by atoms with E-state index in [1.165, 1.54) is 0 Å². The van der Waals surface area contributed by atoms with Crippen molar-refractivity contribution in [2.75, 3.05) is 25.5 Å². The topological polar surface area (TPSA) is 70.7 Å². The van der Waals surface area contributed by atoms with Crippen LogP contribution >= 0.6 is 0 Å². The summed E-state index contributed by atoms with van der Waals surface area (Å²) in [5, 5.41) is 5.79. The number of piperidine rings is 1. The molecule has 0 aliphatic carbocycles. The highest BCUT2D eigenvalue weighted by Crippen LogP contribution is 2.19. The minimum Gasteiger partial charge on any atom is -0.497 e. The Morgan fingerprint density at radius 1 is 1.26 bits per heavy atom. The zero-order valence-corrected chi connectivity index (χ0v) is 14.0. The minimum absolute atomic E-state index is 0.0296. The van der Waals surface area contributed by atoms with Crippen LogP contribution in [0, 0.1) is 5.92 Å². The predicted molar refractivity (Wildman–Crippen MR) is 89.6 cm³/mol. The van der Waals surface area contributed by atoms with Gasteiger partial charge < -0.3 is 20.3 Å². The van der Waals surface area contributed by atoms with E-state index in [1.807, 2.05) is 13.8 Å². The van der Waals surface area contributed by atoms with Crippen molar-refractivity contribution in [3.05, 3.63) is 24.3 Å². The van der Waals surface area contributed by atoms with Crippen LogP contribution in [0.2, 0.25) is 0 Å². The molecule has 6 heteroatoms. The lowest BCUT2D eigenvalue weighted by atomic mass is 9.97. The Morgan fingerprint density at radius 2 is 1.96 bits per heavy atom. The fourth-order valence-corrected chi connectivity index (χ4v) is 2.65. The van der Waals surface area contributed by atoms with Crippen LogP contribution in [-0.2, 0) is 4.79 Å². The quantitative estimate of drug-likeness (QED) is 0.895. The van der Waals surface area contributed by atoms with Gasteiger partial charge in [-0.05, 0) is 51.0 Å². The molecule has 0 bridgehead atoms. The molecule has 1 aromatic rings. The Kier molecular flexibility index (Phi) is 5.84. The maximum atomic E-state index is 12.4. The van der Waals surface area contributed by atoms with Crippen LogP contribution in [-0.4, -0.2) is 43.1 Å². The van der Waals surface area contributed by atoms with Crippen LogP contribution < -0.4 is 15.4 Å². The van der Waals surface area contributed by atoms with Gasteiger partial charge in [-0.1, -0.05) is 0 Å². The Bertz CT molecular complexity index is 543. The number of hydrogen-bond acceptors (Lipinski definition) is 3. The molecule has 23 heavy (non-hydrogen) atoms. The van der Waals surface area contributed by atoms with Crippen LogP contribution in [0.25, 0.3) is 0 Å². The second kappa shape index (κ2) is 7.85. The number of anilines is 1. The zero-order valence-electron chi connectivity index (χ0n) is 14.0. The molecule has 3 amide bonds. The first-order valence-electron chi connectivity index (χ1n) is 8.00. The molecule has 1 atom stereocenters. The first kappa shape index (κ1) is 17.1. The third-order valence-corrected chi connectivity index (χ3v) is 3.85. The van der Waals surface area contributed by atoms with Gasteiger partial charge in [0.05, 0.1) is 13.0 Å². The Labute approximate surface area is 137 Å². The Morgan fingerprint density at radius 3 is 2.57 bits per heavy atom. The Hall–Kier alpha value is -2.24. The van der Waals surface area contributed by atoms with E-state index in [1.54, 1.807) is 36.3 Å². The molecule has 0 spiro atoms. The van der Waals surface area contributed by atoms with Crippen molar-refractivity contribution in [2.24, 2.45) is 5.92 Å². The van der Waals surface area contributed by atoms with E-state index < -0.39 is 0 Å². The number of likely N-dealkylation sites (tertiary alicyclic amines) is 1. The van der Waals surface area contributed by atoms with Crippen molar-refractivity contribution >= 4 is 17.6 Å². The number of methoxy groups -OCH3 is 1. The average Bonchev–Trinajstić information content (AvgIpc) is 2.55. The van der Waals surface area contributed by atoms with Crippen molar-refractivity contribution in [1.29, 1.82) is 0 Å². The normalized spacial score (nSPS) is 17.7. The number of hydrogen-bond donors (Lipinski definition) is 2. The van der Waals surface area contributed by atoms with E-state index in [9.17, 15) is 9.59 Å². The summed E-state index contributed by atoms with van der Waals surface area (Å²) >= 11 is 0. The zero-order chi connectivity index (χ0) is 16.8. The maximum Gasteiger partial charge on any atom is 0.321 e. The highest BCUT2D eigenvalue weighted by molar-refractivity contribution is 5.90.